The topological polar surface area (TPSA) is 32.3 Å². The van der Waals surface area contributed by atoms with Crippen LogP contribution in [0.15, 0.2) is 6.07 Å². The van der Waals surface area contributed by atoms with E-state index in [2.05, 4.69) is 46.0 Å². The average molecular weight is 235 g/mol. The molecule has 0 spiro atoms. The third kappa shape index (κ3) is 3.30. The Hall–Kier alpha value is -0.860. The van der Waals surface area contributed by atoms with Crippen molar-refractivity contribution in [3.63, 3.8) is 0 Å². The molecule has 2 heteroatoms. The first kappa shape index (κ1) is 14.2. The fourth-order valence-corrected chi connectivity index (χ4v) is 2.31. The first-order valence-corrected chi connectivity index (χ1v) is 6.45. The predicted octanol–water partition coefficient (Wildman–Crippen LogP) is 2.95. The number of aliphatic hydroxyl groups excluding tert-OH is 1. The van der Waals surface area contributed by atoms with Gasteiger partial charge in [-0.05, 0) is 75.0 Å². The van der Waals surface area contributed by atoms with Crippen molar-refractivity contribution < 1.29 is 5.11 Å². The first-order valence-electron chi connectivity index (χ1n) is 6.45. The Morgan fingerprint density at radius 2 is 1.65 bits per heavy atom. The zero-order chi connectivity index (χ0) is 13.0. The predicted molar refractivity (Wildman–Crippen MR) is 73.5 cm³/mol. The molecule has 1 aromatic rings. The SMILES string of the molecule is CCNCCC(O)c1c(C)c(C)cc(C)c1C. The highest BCUT2D eigenvalue weighted by Crippen LogP contribution is 2.28. The minimum Gasteiger partial charge on any atom is -0.388 e. The van der Waals surface area contributed by atoms with Crippen molar-refractivity contribution in [3.8, 4) is 0 Å². The fourth-order valence-electron chi connectivity index (χ4n) is 2.31. The molecule has 0 saturated carbocycles. The van der Waals surface area contributed by atoms with E-state index >= 15 is 0 Å². The standard InChI is InChI=1S/C15H25NO/c1-6-16-8-7-14(17)15-12(4)10(2)9-11(3)13(15)5/h9,14,16-17H,6-8H2,1-5H3. The average Bonchev–Trinajstić information content (AvgIpc) is 2.27. The zero-order valence-corrected chi connectivity index (χ0v) is 11.7. The molecular weight excluding hydrogens is 210 g/mol. The Morgan fingerprint density at radius 1 is 1.12 bits per heavy atom. The Morgan fingerprint density at radius 3 is 2.12 bits per heavy atom. The Bertz CT molecular complexity index is 359. The Labute approximate surface area is 105 Å². The van der Waals surface area contributed by atoms with E-state index < -0.39 is 0 Å². The molecule has 2 N–H and O–H groups in total. The van der Waals surface area contributed by atoms with Crippen LogP contribution in [0.4, 0.5) is 0 Å². The molecule has 0 aliphatic heterocycles. The molecule has 2 nitrogen and oxygen atoms in total. The van der Waals surface area contributed by atoms with Crippen molar-refractivity contribution in [3.05, 3.63) is 33.9 Å². The monoisotopic (exact) mass is 235 g/mol. The minimum absolute atomic E-state index is 0.354. The lowest BCUT2D eigenvalue weighted by molar-refractivity contribution is 0.165. The third-order valence-electron chi connectivity index (χ3n) is 3.60. The molecule has 0 aliphatic carbocycles. The van der Waals surface area contributed by atoms with Crippen molar-refractivity contribution >= 4 is 0 Å². The van der Waals surface area contributed by atoms with Gasteiger partial charge in [-0.15, -0.1) is 0 Å². The van der Waals surface area contributed by atoms with Gasteiger partial charge in [-0.3, -0.25) is 0 Å². The van der Waals surface area contributed by atoms with Gasteiger partial charge in [-0.2, -0.15) is 0 Å². The third-order valence-corrected chi connectivity index (χ3v) is 3.60. The van der Waals surface area contributed by atoms with E-state index in [1.807, 2.05) is 0 Å². The molecule has 0 amide bonds. The molecule has 0 aliphatic rings. The van der Waals surface area contributed by atoms with Crippen LogP contribution in [-0.2, 0) is 0 Å². The number of rotatable bonds is 5. The van der Waals surface area contributed by atoms with Crippen LogP contribution in [0.2, 0.25) is 0 Å². The highest BCUT2D eigenvalue weighted by Gasteiger charge is 2.15. The van der Waals surface area contributed by atoms with E-state index in [9.17, 15) is 5.11 Å². The summed E-state index contributed by atoms with van der Waals surface area (Å²) in [5, 5.41) is 13.6. The molecule has 0 heterocycles. The molecule has 1 aromatic carbocycles. The summed E-state index contributed by atoms with van der Waals surface area (Å²) in [5.41, 5.74) is 6.13. The van der Waals surface area contributed by atoms with Gasteiger partial charge in [0.05, 0.1) is 6.10 Å². The van der Waals surface area contributed by atoms with Crippen LogP contribution >= 0.6 is 0 Å². The molecule has 0 saturated heterocycles. The maximum atomic E-state index is 10.3. The van der Waals surface area contributed by atoms with Crippen molar-refractivity contribution in [2.45, 2.75) is 47.1 Å². The van der Waals surface area contributed by atoms with Crippen LogP contribution in [0.25, 0.3) is 0 Å². The smallest absolute Gasteiger partial charge is 0.0807 e. The summed E-state index contributed by atoms with van der Waals surface area (Å²) in [4.78, 5) is 0. The van der Waals surface area contributed by atoms with Gasteiger partial charge < -0.3 is 10.4 Å². The van der Waals surface area contributed by atoms with E-state index in [-0.39, 0.29) is 6.10 Å². The molecular formula is C15H25NO. The molecule has 0 radical (unpaired) electrons. The Kier molecular flexibility index (Phi) is 5.16. The molecule has 1 rings (SSSR count). The fraction of sp³-hybridized carbons (Fsp3) is 0.600. The quantitative estimate of drug-likeness (QED) is 0.769. The van der Waals surface area contributed by atoms with Crippen molar-refractivity contribution in [1.29, 1.82) is 0 Å². The van der Waals surface area contributed by atoms with E-state index in [1.165, 1.54) is 22.3 Å². The number of aliphatic hydroxyl groups is 1. The van der Waals surface area contributed by atoms with Crippen LogP contribution in [0.1, 0.15) is 47.3 Å². The maximum Gasteiger partial charge on any atom is 0.0807 e. The minimum atomic E-state index is -0.354. The van der Waals surface area contributed by atoms with Gasteiger partial charge in [0.25, 0.3) is 0 Å². The molecule has 1 unspecified atom stereocenters. The van der Waals surface area contributed by atoms with Crippen LogP contribution in [0.5, 0.6) is 0 Å². The second-order valence-corrected chi connectivity index (χ2v) is 4.83. The molecule has 17 heavy (non-hydrogen) atoms. The van der Waals surface area contributed by atoms with Gasteiger partial charge in [0.1, 0.15) is 0 Å². The number of nitrogens with one attached hydrogen (secondary N) is 1. The molecule has 96 valence electrons. The van der Waals surface area contributed by atoms with Crippen molar-refractivity contribution in [2.75, 3.05) is 13.1 Å². The Balaban J connectivity index is 2.95. The zero-order valence-electron chi connectivity index (χ0n) is 11.7. The summed E-state index contributed by atoms with van der Waals surface area (Å²) >= 11 is 0. The lowest BCUT2D eigenvalue weighted by Crippen LogP contribution is -2.18. The molecule has 0 bridgehead atoms. The number of hydrogen-bond acceptors (Lipinski definition) is 2. The van der Waals surface area contributed by atoms with Gasteiger partial charge in [-0.1, -0.05) is 13.0 Å². The second kappa shape index (κ2) is 6.18. The first-order chi connectivity index (χ1) is 7.99. The number of aryl methyl sites for hydroxylation is 2. The second-order valence-electron chi connectivity index (χ2n) is 4.83. The van der Waals surface area contributed by atoms with E-state index in [1.54, 1.807) is 0 Å². The largest absolute Gasteiger partial charge is 0.388 e. The van der Waals surface area contributed by atoms with E-state index in [0.717, 1.165) is 25.1 Å². The summed E-state index contributed by atoms with van der Waals surface area (Å²) in [6.07, 6.45) is 0.422. The molecule has 0 fully saturated rings. The van der Waals surface area contributed by atoms with Crippen molar-refractivity contribution in [2.24, 2.45) is 0 Å². The normalized spacial score (nSPS) is 12.8. The van der Waals surface area contributed by atoms with Crippen LogP contribution in [0.3, 0.4) is 0 Å². The highest BCUT2D eigenvalue weighted by atomic mass is 16.3. The van der Waals surface area contributed by atoms with Crippen LogP contribution in [-0.4, -0.2) is 18.2 Å². The number of benzene rings is 1. The van der Waals surface area contributed by atoms with Gasteiger partial charge in [-0.25, -0.2) is 0 Å². The lowest BCUT2D eigenvalue weighted by Gasteiger charge is -2.20. The molecule has 0 aromatic heterocycles. The summed E-state index contributed by atoms with van der Waals surface area (Å²) in [5.74, 6) is 0. The summed E-state index contributed by atoms with van der Waals surface area (Å²) in [7, 11) is 0. The summed E-state index contributed by atoms with van der Waals surface area (Å²) < 4.78 is 0. The van der Waals surface area contributed by atoms with Crippen LogP contribution < -0.4 is 5.32 Å². The van der Waals surface area contributed by atoms with Gasteiger partial charge >= 0.3 is 0 Å². The maximum absolute atomic E-state index is 10.3. The molecule has 1 atom stereocenters. The summed E-state index contributed by atoms with van der Waals surface area (Å²) in [6.45, 7) is 12.3. The highest BCUT2D eigenvalue weighted by molar-refractivity contribution is 5.45. The van der Waals surface area contributed by atoms with E-state index in [4.69, 9.17) is 0 Å². The van der Waals surface area contributed by atoms with Gasteiger partial charge in [0, 0.05) is 0 Å². The number of hydrogen-bond donors (Lipinski definition) is 2. The van der Waals surface area contributed by atoms with Gasteiger partial charge in [0.15, 0.2) is 0 Å². The van der Waals surface area contributed by atoms with E-state index in [0.29, 0.717) is 0 Å². The summed E-state index contributed by atoms with van der Waals surface area (Å²) in [6, 6.07) is 2.20. The van der Waals surface area contributed by atoms with Crippen molar-refractivity contribution in [1.82, 2.24) is 5.32 Å². The van der Waals surface area contributed by atoms with Crippen LogP contribution in [0, 0.1) is 27.7 Å². The lowest BCUT2D eigenvalue weighted by atomic mass is 9.90. The van der Waals surface area contributed by atoms with Gasteiger partial charge in [0.2, 0.25) is 0 Å².